The summed E-state index contributed by atoms with van der Waals surface area (Å²) >= 11 is 0. The molecule has 1 N–H and O–H groups in total. The number of nitrogens with one attached hydrogen (secondary N) is 1. The van der Waals surface area contributed by atoms with E-state index in [1.807, 2.05) is 30.3 Å². The van der Waals surface area contributed by atoms with Gasteiger partial charge in [-0.05, 0) is 5.53 Å². The number of nitrogens with zero attached hydrogens (tertiary/aromatic N) is 3. The predicted molar refractivity (Wildman–Crippen MR) is 95.4 cm³/mol. The maximum atomic E-state index is 11.7. The second-order valence-electron chi connectivity index (χ2n) is 6.26. The summed E-state index contributed by atoms with van der Waals surface area (Å²) in [5.41, 5.74) is 9.73. The number of benzene rings is 1. The molecule has 144 valence electrons. The van der Waals surface area contributed by atoms with Crippen LogP contribution in [0.2, 0.25) is 0 Å². The van der Waals surface area contributed by atoms with E-state index in [0.29, 0.717) is 0 Å². The summed E-state index contributed by atoms with van der Waals surface area (Å²) in [5.74, 6) is -0.293. The maximum Gasteiger partial charge on any atom is 0.217 e. The molecule has 27 heavy (non-hydrogen) atoms. The Morgan fingerprint density at radius 3 is 2.89 bits per heavy atom. The summed E-state index contributed by atoms with van der Waals surface area (Å²) in [6.07, 6.45) is -1.54. The van der Waals surface area contributed by atoms with E-state index < -0.39 is 36.9 Å². The Bertz CT molecular complexity index is 709. The summed E-state index contributed by atoms with van der Waals surface area (Å²) < 4.78 is 23.7. The molecular formula is C18H22N4O5. The lowest BCUT2D eigenvalue weighted by atomic mass is 9.94. The molecule has 9 nitrogen and oxygen atoms in total. The van der Waals surface area contributed by atoms with Crippen LogP contribution in [0.5, 0.6) is 0 Å². The Balaban J connectivity index is 1.87. The molecule has 1 aromatic carbocycles. The predicted octanol–water partition coefficient (Wildman–Crippen LogP) is 2.21. The van der Waals surface area contributed by atoms with Crippen LogP contribution in [-0.2, 0) is 23.7 Å². The minimum absolute atomic E-state index is 0.239. The third-order valence-electron chi connectivity index (χ3n) is 4.37. The highest BCUT2D eigenvalue weighted by atomic mass is 16.7. The van der Waals surface area contributed by atoms with Crippen molar-refractivity contribution in [1.82, 2.24) is 5.32 Å². The number of hydrogen-bond donors (Lipinski definition) is 1. The molecule has 0 radical (unpaired) electrons. The Morgan fingerprint density at radius 2 is 2.22 bits per heavy atom. The summed E-state index contributed by atoms with van der Waals surface area (Å²) in [6, 6.07) is 8.81. The smallest absolute Gasteiger partial charge is 0.217 e. The van der Waals surface area contributed by atoms with Crippen molar-refractivity contribution < 1.29 is 23.7 Å². The molecule has 2 aliphatic heterocycles. The first-order valence-corrected chi connectivity index (χ1v) is 8.65. The van der Waals surface area contributed by atoms with Gasteiger partial charge in [-0.1, -0.05) is 41.5 Å². The zero-order chi connectivity index (χ0) is 19.2. The fourth-order valence-corrected chi connectivity index (χ4v) is 3.28. The van der Waals surface area contributed by atoms with Crippen molar-refractivity contribution in [2.24, 2.45) is 5.11 Å². The lowest BCUT2D eigenvalue weighted by Crippen LogP contribution is -2.66. The number of hydrogen-bond acceptors (Lipinski definition) is 6. The summed E-state index contributed by atoms with van der Waals surface area (Å²) in [4.78, 5) is 14.5. The normalized spacial score (nSPS) is 32.6. The number of ether oxygens (including phenoxy) is 4. The van der Waals surface area contributed by atoms with Crippen molar-refractivity contribution in [2.45, 2.75) is 43.8 Å². The van der Waals surface area contributed by atoms with Gasteiger partial charge in [-0.2, -0.15) is 0 Å². The molecule has 0 bridgehead atoms. The lowest BCUT2D eigenvalue weighted by Gasteiger charge is -2.48. The topological polar surface area (TPSA) is 115 Å². The van der Waals surface area contributed by atoms with E-state index in [4.69, 9.17) is 24.5 Å². The summed E-state index contributed by atoms with van der Waals surface area (Å²) in [6.45, 7) is 5.52. The van der Waals surface area contributed by atoms with E-state index in [-0.39, 0.29) is 19.1 Å². The molecule has 0 saturated carbocycles. The highest BCUT2D eigenvalue weighted by Gasteiger charge is 2.50. The van der Waals surface area contributed by atoms with Gasteiger partial charge in [0.15, 0.2) is 12.5 Å². The number of fused-ring (bicyclic) bond motifs is 1. The number of carbonyl (C=O) groups excluding carboxylic acids is 1. The van der Waals surface area contributed by atoms with Crippen LogP contribution < -0.4 is 5.32 Å². The molecule has 2 heterocycles. The molecule has 3 rings (SSSR count). The number of carbonyl (C=O) groups is 1. The maximum absolute atomic E-state index is 11.7. The number of amides is 1. The fraction of sp³-hybridized carbons (Fsp3) is 0.500. The SMILES string of the molecule is C=CCO[C@H]1C2OC(c3ccccc3)OC[C@@H]2O[C@@H](N=[N+]=[N-])C1NC(C)=O. The Hall–Kier alpha value is -2.42. The molecule has 2 saturated heterocycles. The van der Waals surface area contributed by atoms with E-state index in [1.54, 1.807) is 6.08 Å². The monoisotopic (exact) mass is 374 g/mol. The van der Waals surface area contributed by atoms with Crippen LogP contribution in [-0.4, -0.2) is 49.7 Å². The Labute approximate surface area is 156 Å². The van der Waals surface area contributed by atoms with Crippen molar-refractivity contribution in [1.29, 1.82) is 0 Å². The molecule has 6 atom stereocenters. The molecule has 1 amide bonds. The average molecular weight is 374 g/mol. The van der Waals surface area contributed by atoms with Crippen molar-refractivity contribution in [3.63, 3.8) is 0 Å². The Morgan fingerprint density at radius 1 is 1.44 bits per heavy atom. The van der Waals surface area contributed by atoms with Gasteiger partial charge in [0.2, 0.25) is 5.91 Å². The lowest BCUT2D eigenvalue weighted by molar-refractivity contribution is -0.318. The van der Waals surface area contributed by atoms with Crippen LogP contribution in [0.4, 0.5) is 0 Å². The van der Waals surface area contributed by atoms with E-state index >= 15 is 0 Å². The van der Waals surface area contributed by atoms with Crippen LogP contribution in [0.15, 0.2) is 48.1 Å². The molecule has 2 aliphatic rings. The van der Waals surface area contributed by atoms with E-state index in [1.165, 1.54) is 6.92 Å². The summed E-state index contributed by atoms with van der Waals surface area (Å²) in [5, 5.41) is 6.43. The average Bonchev–Trinajstić information content (AvgIpc) is 2.68. The van der Waals surface area contributed by atoms with Gasteiger partial charge < -0.3 is 24.3 Å². The van der Waals surface area contributed by atoms with E-state index in [0.717, 1.165) is 5.56 Å². The Kier molecular flexibility index (Phi) is 6.44. The van der Waals surface area contributed by atoms with Gasteiger partial charge in [-0.3, -0.25) is 4.79 Å². The van der Waals surface area contributed by atoms with Crippen molar-refractivity contribution in [3.8, 4) is 0 Å². The van der Waals surface area contributed by atoms with Crippen LogP contribution in [0.3, 0.4) is 0 Å². The van der Waals surface area contributed by atoms with Gasteiger partial charge in [-0.15, -0.1) is 6.58 Å². The molecule has 0 spiro atoms. The quantitative estimate of drug-likeness (QED) is 0.355. The molecule has 0 aliphatic carbocycles. The first-order valence-electron chi connectivity index (χ1n) is 8.65. The minimum atomic E-state index is -0.935. The second kappa shape index (κ2) is 8.98. The summed E-state index contributed by atoms with van der Waals surface area (Å²) in [7, 11) is 0. The molecule has 9 heteroatoms. The van der Waals surface area contributed by atoms with Crippen molar-refractivity contribution in [3.05, 3.63) is 59.0 Å². The standard InChI is InChI=1S/C18H22N4O5/c1-3-9-24-16-14(20-11(2)23)17(21-22-19)26-13-10-25-18(27-15(13)16)12-7-5-4-6-8-12/h3-8,13-18H,1,9-10H2,2H3,(H,20,23)/t13-,14?,15?,16+,17+,18?/m0/s1. The molecule has 3 unspecified atom stereocenters. The highest BCUT2D eigenvalue weighted by Crippen LogP contribution is 2.35. The molecule has 0 aromatic heterocycles. The van der Waals surface area contributed by atoms with Crippen molar-refractivity contribution in [2.75, 3.05) is 13.2 Å². The van der Waals surface area contributed by atoms with Crippen molar-refractivity contribution >= 4 is 5.91 Å². The molecule has 1 aromatic rings. The third-order valence-corrected chi connectivity index (χ3v) is 4.37. The van der Waals surface area contributed by atoms with E-state index in [2.05, 4.69) is 21.9 Å². The van der Waals surface area contributed by atoms with Gasteiger partial charge in [0.05, 0.1) is 19.3 Å². The van der Waals surface area contributed by atoms with E-state index in [9.17, 15) is 4.79 Å². The van der Waals surface area contributed by atoms with Gasteiger partial charge in [0.1, 0.15) is 18.3 Å². The molecule has 2 fully saturated rings. The minimum Gasteiger partial charge on any atom is -0.369 e. The number of rotatable bonds is 6. The van der Waals surface area contributed by atoms with Gasteiger partial charge in [-0.25, -0.2) is 0 Å². The van der Waals surface area contributed by atoms with Crippen LogP contribution >= 0.6 is 0 Å². The van der Waals surface area contributed by atoms with Crippen LogP contribution in [0.25, 0.3) is 10.4 Å². The van der Waals surface area contributed by atoms with Gasteiger partial charge in [0.25, 0.3) is 0 Å². The van der Waals surface area contributed by atoms with Crippen LogP contribution in [0.1, 0.15) is 18.8 Å². The first kappa shape index (κ1) is 19.3. The first-order chi connectivity index (χ1) is 13.1. The number of azide groups is 1. The third kappa shape index (κ3) is 4.47. The molecular weight excluding hydrogens is 352 g/mol. The highest BCUT2D eigenvalue weighted by molar-refractivity contribution is 5.73. The van der Waals surface area contributed by atoms with Gasteiger partial charge in [0, 0.05) is 17.4 Å². The zero-order valence-corrected chi connectivity index (χ0v) is 14.9. The van der Waals surface area contributed by atoms with Gasteiger partial charge >= 0.3 is 0 Å². The largest absolute Gasteiger partial charge is 0.369 e. The van der Waals surface area contributed by atoms with Crippen LogP contribution in [0, 0.1) is 0 Å². The second-order valence-corrected chi connectivity index (χ2v) is 6.26. The zero-order valence-electron chi connectivity index (χ0n) is 14.9. The fourth-order valence-electron chi connectivity index (χ4n) is 3.28.